The lowest BCUT2D eigenvalue weighted by molar-refractivity contribution is 0.0903. The first-order valence-electron chi connectivity index (χ1n) is 8.01. The number of nitrogens with zero attached hydrogens (tertiary/aromatic N) is 2. The first kappa shape index (κ1) is 14.8. The quantitative estimate of drug-likeness (QED) is 0.878. The number of carbonyl (C=O) groups excluding carboxylic acids is 2. The Balaban J connectivity index is 1.55. The van der Waals surface area contributed by atoms with Crippen molar-refractivity contribution in [2.75, 3.05) is 19.6 Å². The summed E-state index contributed by atoms with van der Waals surface area (Å²) in [6, 6.07) is 1.95. The largest absolute Gasteiger partial charge is 0.347 e. The van der Waals surface area contributed by atoms with Crippen LogP contribution in [0.25, 0.3) is 10.1 Å². The number of Topliss-reactive ketones (excluding diaryl/α,β-unsaturated/α-hetero) is 1. The number of hydrogen-bond donors (Lipinski definition) is 1. The van der Waals surface area contributed by atoms with E-state index in [4.69, 9.17) is 0 Å². The van der Waals surface area contributed by atoms with Crippen molar-refractivity contribution in [1.29, 1.82) is 0 Å². The molecule has 2 aliphatic rings. The number of hydrogen-bond acceptors (Lipinski definition) is 5. The van der Waals surface area contributed by atoms with Gasteiger partial charge in [-0.25, -0.2) is 4.98 Å². The zero-order valence-electron chi connectivity index (χ0n) is 13.0. The van der Waals surface area contributed by atoms with E-state index in [1.165, 1.54) is 24.3 Å². The van der Waals surface area contributed by atoms with Gasteiger partial charge in [-0.3, -0.25) is 9.59 Å². The minimum absolute atomic E-state index is 0.0189. The highest BCUT2D eigenvalue weighted by molar-refractivity contribution is 7.17. The summed E-state index contributed by atoms with van der Waals surface area (Å²) in [4.78, 5) is 30.9. The van der Waals surface area contributed by atoms with Gasteiger partial charge in [0.05, 0.1) is 4.70 Å². The Labute approximate surface area is 138 Å². The van der Waals surface area contributed by atoms with Gasteiger partial charge in [-0.1, -0.05) is 0 Å². The number of piperidine rings is 1. The van der Waals surface area contributed by atoms with Crippen molar-refractivity contribution in [2.45, 2.75) is 25.8 Å². The fourth-order valence-corrected chi connectivity index (χ4v) is 4.70. The average Bonchev–Trinajstić information content (AvgIpc) is 3.09. The summed E-state index contributed by atoms with van der Waals surface area (Å²) in [5, 5.41) is 5.78. The third-order valence-electron chi connectivity index (χ3n) is 4.87. The number of aromatic nitrogens is 1. The maximum atomic E-state index is 12.5. The molecule has 23 heavy (non-hydrogen) atoms. The van der Waals surface area contributed by atoms with Crippen LogP contribution >= 0.6 is 11.3 Å². The molecule has 0 aliphatic carbocycles. The molecule has 1 N–H and O–H groups in total. The standard InChI is InChI=1S/C17H19N3O2S/c1-10(21)14-9-23-16-6-18-15(5-13(14)16)17(22)19-12-4-11-2-3-20(7-11)8-12/h5-6,9,11-12H,2-4,7-8H2,1H3,(H,19,22)/t11-,12+/m0/s1. The Morgan fingerprint density at radius 3 is 3.04 bits per heavy atom. The molecule has 4 rings (SSSR count). The van der Waals surface area contributed by atoms with Crippen LogP contribution in [0.5, 0.6) is 0 Å². The molecule has 2 aliphatic heterocycles. The third-order valence-corrected chi connectivity index (χ3v) is 5.81. The van der Waals surface area contributed by atoms with Crippen LogP contribution in [0.2, 0.25) is 0 Å². The zero-order chi connectivity index (χ0) is 16.0. The number of pyridine rings is 1. The topological polar surface area (TPSA) is 62.3 Å². The smallest absolute Gasteiger partial charge is 0.270 e. The van der Waals surface area contributed by atoms with Gasteiger partial charge in [-0.05, 0) is 38.3 Å². The van der Waals surface area contributed by atoms with Crippen LogP contribution in [0, 0.1) is 5.92 Å². The van der Waals surface area contributed by atoms with Crippen molar-refractivity contribution in [3.8, 4) is 0 Å². The Hall–Kier alpha value is -1.79. The van der Waals surface area contributed by atoms with E-state index in [1.54, 1.807) is 19.2 Å². The molecule has 1 amide bonds. The lowest BCUT2D eigenvalue weighted by Crippen LogP contribution is -2.47. The van der Waals surface area contributed by atoms with Gasteiger partial charge in [-0.2, -0.15) is 0 Å². The SMILES string of the molecule is CC(=O)c1csc2cnc(C(=O)N[C@@H]3C[C@@H]4CCN(C4)C3)cc12. The van der Waals surface area contributed by atoms with Crippen LogP contribution in [0.4, 0.5) is 0 Å². The van der Waals surface area contributed by atoms with Crippen LogP contribution in [-0.4, -0.2) is 47.3 Å². The Kier molecular flexibility index (Phi) is 3.66. The van der Waals surface area contributed by atoms with Crippen LogP contribution in [0.3, 0.4) is 0 Å². The number of thiophene rings is 1. The van der Waals surface area contributed by atoms with E-state index >= 15 is 0 Å². The average molecular weight is 329 g/mol. The Morgan fingerprint density at radius 1 is 1.39 bits per heavy atom. The highest BCUT2D eigenvalue weighted by atomic mass is 32.1. The summed E-state index contributed by atoms with van der Waals surface area (Å²) in [7, 11) is 0. The van der Waals surface area contributed by atoms with Crippen molar-refractivity contribution in [1.82, 2.24) is 15.2 Å². The predicted molar refractivity (Wildman–Crippen MR) is 90.0 cm³/mol. The number of amides is 1. The van der Waals surface area contributed by atoms with E-state index in [-0.39, 0.29) is 17.7 Å². The second kappa shape index (κ2) is 5.69. The van der Waals surface area contributed by atoms with Gasteiger partial charge in [0.15, 0.2) is 5.78 Å². The molecule has 0 spiro atoms. The van der Waals surface area contributed by atoms with Gasteiger partial charge in [0.1, 0.15) is 5.69 Å². The number of rotatable bonds is 3. The van der Waals surface area contributed by atoms with Crippen LogP contribution < -0.4 is 5.32 Å². The molecule has 0 aromatic carbocycles. The maximum absolute atomic E-state index is 12.5. The molecule has 0 radical (unpaired) electrons. The summed E-state index contributed by atoms with van der Waals surface area (Å²) in [5.41, 5.74) is 1.06. The van der Waals surface area contributed by atoms with Crippen LogP contribution in [0.15, 0.2) is 17.6 Å². The molecule has 5 nitrogen and oxygen atoms in total. The molecule has 6 heteroatoms. The van der Waals surface area contributed by atoms with Gasteiger partial charge in [-0.15, -0.1) is 11.3 Å². The molecule has 2 fully saturated rings. The Bertz CT molecular complexity index is 773. The van der Waals surface area contributed by atoms with E-state index in [0.717, 1.165) is 29.6 Å². The molecular weight excluding hydrogens is 310 g/mol. The van der Waals surface area contributed by atoms with Gasteiger partial charge < -0.3 is 10.2 Å². The van der Waals surface area contributed by atoms with Crippen molar-refractivity contribution in [3.05, 3.63) is 28.9 Å². The van der Waals surface area contributed by atoms with E-state index in [1.807, 2.05) is 5.38 Å². The third kappa shape index (κ3) is 2.77. The molecule has 4 heterocycles. The van der Waals surface area contributed by atoms with Gasteiger partial charge in [0, 0.05) is 41.7 Å². The fourth-order valence-electron chi connectivity index (χ4n) is 3.75. The number of carbonyl (C=O) groups is 2. The van der Waals surface area contributed by atoms with E-state index in [9.17, 15) is 9.59 Å². The van der Waals surface area contributed by atoms with Crippen molar-refractivity contribution in [2.24, 2.45) is 5.92 Å². The second-order valence-electron chi connectivity index (χ2n) is 6.59. The van der Waals surface area contributed by atoms with Gasteiger partial charge in [0.2, 0.25) is 0 Å². The maximum Gasteiger partial charge on any atom is 0.270 e. The normalized spacial score (nSPS) is 26.4. The molecule has 2 saturated heterocycles. The molecule has 0 saturated carbocycles. The number of nitrogens with one attached hydrogen (secondary N) is 1. The summed E-state index contributed by atoms with van der Waals surface area (Å²) in [5.74, 6) is 0.594. The molecule has 2 aromatic heterocycles. The number of fused-ring (bicyclic) bond motifs is 3. The van der Waals surface area contributed by atoms with E-state index in [0.29, 0.717) is 17.2 Å². The molecule has 3 atom stereocenters. The second-order valence-corrected chi connectivity index (χ2v) is 7.50. The predicted octanol–water partition coefficient (Wildman–Crippen LogP) is 2.32. The molecular formula is C17H19N3O2S. The lowest BCUT2D eigenvalue weighted by atomic mass is 9.97. The van der Waals surface area contributed by atoms with Crippen molar-refractivity contribution >= 4 is 33.1 Å². The van der Waals surface area contributed by atoms with Crippen molar-refractivity contribution in [3.63, 3.8) is 0 Å². The Morgan fingerprint density at radius 2 is 2.26 bits per heavy atom. The van der Waals surface area contributed by atoms with Crippen molar-refractivity contribution < 1.29 is 9.59 Å². The first-order valence-corrected chi connectivity index (χ1v) is 8.89. The molecule has 1 unspecified atom stereocenters. The summed E-state index contributed by atoms with van der Waals surface area (Å²) >= 11 is 1.49. The molecule has 120 valence electrons. The molecule has 2 bridgehead atoms. The summed E-state index contributed by atoms with van der Waals surface area (Å²) < 4.78 is 0.938. The van der Waals surface area contributed by atoms with E-state index < -0.39 is 0 Å². The van der Waals surface area contributed by atoms with Gasteiger partial charge >= 0.3 is 0 Å². The molecule has 2 aromatic rings. The highest BCUT2D eigenvalue weighted by Crippen LogP contribution is 2.28. The summed E-state index contributed by atoms with van der Waals surface area (Å²) in [6.07, 6.45) is 3.99. The zero-order valence-corrected chi connectivity index (χ0v) is 13.9. The minimum atomic E-state index is -0.139. The van der Waals surface area contributed by atoms with Gasteiger partial charge in [0.25, 0.3) is 5.91 Å². The van der Waals surface area contributed by atoms with Crippen LogP contribution in [-0.2, 0) is 0 Å². The number of ketones is 1. The first-order chi connectivity index (χ1) is 11.1. The summed E-state index contributed by atoms with van der Waals surface area (Å²) in [6.45, 7) is 4.81. The van der Waals surface area contributed by atoms with Crippen LogP contribution in [0.1, 0.15) is 40.6 Å². The monoisotopic (exact) mass is 329 g/mol. The van der Waals surface area contributed by atoms with E-state index in [2.05, 4.69) is 15.2 Å². The minimum Gasteiger partial charge on any atom is -0.347 e. The fraction of sp³-hybridized carbons (Fsp3) is 0.471. The lowest BCUT2D eigenvalue weighted by Gasteiger charge is -2.30. The highest BCUT2D eigenvalue weighted by Gasteiger charge is 2.33.